The average Bonchev–Trinajstić information content (AvgIpc) is 3.13. The highest BCUT2D eigenvalue weighted by Crippen LogP contribution is 2.20. The monoisotopic (exact) mass is 266 g/mol. The quantitative estimate of drug-likeness (QED) is 0.763. The SMILES string of the molecule is O=C(CCSc1cc(C(=O)O)ccn1)NC1CC1. The molecule has 1 aliphatic rings. The Hall–Kier alpha value is -1.56. The number of pyridine rings is 1. The lowest BCUT2D eigenvalue weighted by atomic mass is 10.3. The van der Waals surface area contributed by atoms with Crippen LogP contribution in [0, 0.1) is 0 Å². The van der Waals surface area contributed by atoms with Gasteiger partial charge in [-0.2, -0.15) is 0 Å². The fraction of sp³-hybridized carbons (Fsp3) is 0.417. The van der Waals surface area contributed by atoms with E-state index in [0.717, 1.165) is 12.8 Å². The van der Waals surface area contributed by atoms with E-state index in [0.29, 0.717) is 23.2 Å². The molecule has 1 aliphatic carbocycles. The number of carboxylic acid groups (broad SMARTS) is 1. The number of aromatic nitrogens is 1. The highest BCUT2D eigenvalue weighted by Gasteiger charge is 2.22. The summed E-state index contributed by atoms with van der Waals surface area (Å²) in [4.78, 5) is 26.2. The Morgan fingerprint density at radius 2 is 2.28 bits per heavy atom. The van der Waals surface area contributed by atoms with E-state index in [2.05, 4.69) is 10.3 Å². The van der Waals surface area contributed by atoms with Gasteiger partial charge in [-0.3, -0.25) is 4.79 Å². The molecule has 1 aromatic rings. The minimum Gasteiger partial charge on any atom is -0.478 e. The van der Waals surface area contributed by atoms with Crippen LogP contribution in [0.25, 0.3) is 0 Å². The minimum absolute atomic E-state index is 0.0550. The first-order valence-electron chi connectivity index (χ1n) is 5.76. The second kappa shape index (κ2) is 5.86. The molecule has 1 fully saturated rings. The Morgan fingerprint density at radius 3 is 2.94 bits per heavy atom. The Bertz CT molecular complexity index is 460. The molecule has 0 aliphatic heterocycles. The van der Waals surface area contributed by atoms with Crippen LogP contribution in [0.3, 0.4) is 0 Å². The average molecular weight is 266 g/mol. The van der Waals surface area contributed by atoms with E-state index in [1.165, 1.54) is 30.1 Å². The highest BCUT2D eigenvalue weighted by molar-refractivity contribution is 7.99. The largest absolute Gasteiger partial charge is 0.478 e. The van der Waals surface area contributed by atoms with E-state index in [1.807, 2.05) is 0 Å². The van der Waals surface area contributed by atoms with Crippen molar-refractivity contribution in [3.63, 3.8) is 0 Å². The summed E-state index contributed by atoms with van der Waals surface area (Å²) in [6.45, 7) is 0. The number of thioether (sulfide) groups is 1. The number of hydrogen-bond acceptors (Lipinski definition) is 4. The molecule has 5 nitrogen and oxygen atoms in total. The number of nitrogens with zero attached hydrogens (tertiary/aromatic N) is 1. The third-order valence-electron chi connectivity index (χ3n) is 2.50. The number of nitrogens with one attached hydrogen (secondary N) is 1. The zero-order valence-electron chi connectivity index (χ0n) is 9.76. The summed E-state index contributed by atoms with van der Waals surface area (Å²) in [7, 11) is 0. The van der Waals surface area contributed by atoms with Crippen molar-refractivity contribution in [2.75, 3.05) is 5.75 Å². The van der Waals surface area contributed by atoms with Crippen molar-refractivity contribution >= 4 is 23.6 Å². The zero-order chi connectivity index (χ0) is 13.0. The molecule has 1 aromatic heterocycles. The Kier molecular flexibility index (Phi) is 4.19. The maximum absolute atomic E-state index is 11.4. The van der Waals surface area contributed by atoms with Gasteiger partial charge in [0.15, 0.2) is 0 Å². The first kappa shape index (κ1) is 12.9. The Balaban J connectivity index is 1.76. The van der Waals surface area contributed by atoms with Crippen LogP contribution >= 0.6 is 11.8 Å². The lowest BCUT2D eigenvalue weighted by Crippen LogP contribution is -2.25. The van der Waals surface area contributed by atoms with Gasteiger partial charge in [0, 0.05) is 24.4 Å². The van der Waals surface area contributed by atoms with E-state index in [-0.39, 0.29) is 11.5 Å². The van der Waals surface area contributed by atoms with Crippen molar-refractivity contribution in [1.82, 2.24) is 10.3 Å². The van der Waals surface area contributed by atoms with Gasteiger partial charge >= 0.3 is 5.97 Å². The van der Waals surface area contributed by atoms with Crippen molar-refractivity contribution in [2.24, 2.45) is 0 Å². The molecule has 0 saturated heterocycles. The fourth-order valence-corrected chi connectivity index (χ4v) is 2.24. The standard InChI is InChI=1S/C12H14N2O3S/c15-10(14-9-1-2-9)4-6-18-11-7-8(12(16)17)3-5-13-11/h3,5,7,9H,1-2,4,6H2,(H,14,15)(H,16,17). The smallest absolute Gasteiger partial charge is 0.335 e. The molecule has 0 unspecified atom stereocenters. The maximum atomic E-state index is 11.4. The second-order valence-corrected chi connectivity index (χ2v) is 5.24. The summed E-state index contributed by atoms with van der Waals surface area (Å²) in [5.41, 5.74) is 0.218. The summed E-state index contributed by atoms with van der Waals surface area (Å²) < 4.78 is 0. The molecule has 0 spiro atoms. The number of amides is 1. The molecule has 0 bridgehead atoms. The molecular weight excluding hydrogens is 252 g/mol. The van der Waals surface area contributed by atoms with Crippen LogP contribution in [0.15, 0.2) is 23.4 Å². The van der Waals surface area contributed by atoms with Crippen LogP contribution in [0.4, 0.5) is 0 Å². The zero-order valence-corrected chi connectivity index (χ0v) is 10.6. The number of aromatic carboxylic acids is 1. The van der Waals surface area contributed by atoms with Gasteiger partial charge in [0.25, 0.3) is 0 Å². The summed E-state index contributed by atoms with van der Waals surface area (Å²) in [5, 5.41) is 12.4. The molecular formula is C12H14N2O3S. The molecule has 1 heterocycles. The first-order valence-corrected chi connectivity index (χ1v) is 6.75. The van der Waals surface area contributed by atoms with Gasteiger partial charge in [0.1, 0.15) is 0 Å². The lowest BCUT2D eigenvalue weighted by molar-refractivity contribution is -0.120. The molecule has 2 rings (SSSR count). The topological polar surface area (TPSA) is 79.3 Å². The molecule has 1 amide bonds. The van der Waals surface area contributed by atoms with Gasteiger partial charge < -0.3 is 10.4 Å². The van der Waals surface area contributed by atoms with Crippen molar-refractivity contribution in [1.29, 1.82) is 0 Å². The predicted molar refractivity (Wildman–Crippen MR) is 67.7 cm³/mol. The molecule has 2 N–H and O–H groups in total. The van der Waals surface area contributed by atoms with Crippen LogP contribution in [0.1, 0.15) is 29.6 Å². The van der Waals surface area contributed by atoms with Gasteiger partial charge in [-0.1, -0.05) is 0 Å². The van der Waals surface area contributed by atoms with Crippen LogP contribution < -0.4 is 5.32 Å². The first-order chi connectivity index (χ1) is 8.65. The van der Waals surface area contributed by atoms with Crippen molar-refractivity contribution in [3.8, 4) is 0 Å². The van der Waals surface area contributed by atoms with E-state index in [1.54, 1.807) is 0 Å². The van der Waals surface area contributed by atoms with Crippen LogP contribution in [-0.2, 0) is 4.79 Å². The van der Waals surface area contributed by atoms with Crippen molar-refractivity contribution in [3.05, 3.63) is 23.9 Å². The van der Waals surface area contributed by atoms with Crippen LogP contribution in [-0.4, -0.2) is 33.8 Å². The maximum Gasteiger partial charge on any atom is 0.335 e. The van der Waals surface area contributed by atoms with Gasteiger partial charge in [-0.25, -0.2) is 9.78 Å². The number of rotatable bonds is 6. The predicted octanol–water partition coefficient (Wildman–Crippen LogP) is 1.54. The van der Waals surface area contributed by atoms with Crippen molar-refractivity contribution in [2.45, 2.75) is 30.3 Å². The number of carboxylic acids is 1. The molecule has 18 heavy (non-hydrogen) atoms. The Labute approximate surface area is 109 Å². The molecule has 1 saturated carbocycles. The summed E-state index contributed by atoms with van der Waals surface area (Å²) >= 11 is 1.39. The second-order valence-electron chi connectivity index (χ2n) is 4.13. The van der Waals surface area contributed by atoms with E-state index in [9.17, 15) is 9.59 Å². The van der Waals surface area contributed by atoms with E-state index in [4.69, 9.17) is 5.11 Å². The lowest BCUT2D eigenvalue weighted by Gasteiger charge is -2.03. The van der Waals surface area contributed by atoms with Crippen LogP contribution in [0.2, 0.25) is 0 Å². The van der Waals surface area contributed by atoms with Crippen LogP contribution in [0.5, 0.6) is 0 Å². The summed E-state index contributed by atoms with van der Waals surface area (Å²) in [5.74, 6) is -0.306. The fourth-order valence-electron chi connectivity index (χ4n) is 1.40. The normalized spacial score (nSPS) is 14.2. The van der Waals surface area contributed by atoms with Gasteiger partial charge in [0.05, 0.1) is 10.6 Å². The molecule has 0 radical (unpaired) electrons. The molecule has 0 atom stereocenters. The Morgan fingerprint density at radius 1 is 1.50 bits per heavy atom. The highest BCUT2D eigenvalue weighted by atomic mass is 32.2. The minimum atomic E-state index is -0.967. The van der Waals surface area contributed by atoms with Gasteiger partial charge in [-0.15, -0.1) is 11.8 Å². The number of carbonyl (C=O) groups is 2. The third-order valence-corrected chi connectivity index (χ3v) is 3.43. The van der Waals surface area contributed by atoms with Gasteiger partial charge in [0.2, 0.25) is 5.91 Å². The van der Waals surface area contributed by atoms with E-state index >= 15 is 0 Å². The summed E-state index contributed by atoms with van der Waals surface area (Å²) in [6, 6.07) is 3.36. The third kappa shape index (κ3) is 4.03. The molecule has 96 valence electrons. The molecule has 0 aromatic carbocycles. The number of hydrogen-bond donors (Lipinski definition) is 2. The summed E-state index contributed by atoms with van der Waals surface area (Å²) in [6.07, 6.45) is 4.07. The molecule has 6 heteroatoms. The number of carbonyl (C=O) groups excluding carboxylic acids is 1. The van der Waals surface area contributed by atoms with E-state index < -0.39 is 5.97 Å². The van der Waals surface area contributed by atoms with Crippen molar-refractivity contribution < 1.29 is 14.7 Å². The van der Waals surface area contributed by atoms with Gasteiger partial charge in [-0.05, 0) is 25.0 Å².